The standard InChI is InChI=1S/C105H146N4O4S6/c1-9-17-25-32-36-46-58-76(54-42-24-16-8)72-106-94(84-68-66-82(114-84)80-62-50-40-51-63-80)90-92(104(106)112)96(108(102(90)110)74-78(56-44-30-22-14-6)60-48-38-34-27-19-11-3)86-70-88-98(116-86)100-101(118-88)99-89(119-100)71-87(117-99)97-93-91(103(111)109(97)75-79(57-45-31-23-15-7)61-49-39-35-28-20-12-4)95(85-69-67-83(115-85)81-64-52-41-53-65-81)107(105(93)113)73-77(55-43-29-21-13-5)59-47-37-33-26-18-10-2/h40-41,50-53,62-71,76-79H,9-39,42-49,54-61,72-75H2,1-8H3. The van der Waals surface area contributed by atoms with Gasteiger partial charge in [0.25, 0.3) is 23.6 Å². The Bertz CT molecular complexity index is 4590. The van der Waals surface area contributed by atoms with Crippen LogP contribution in [0.3, 0.4) is 0 Å². The Balaban J connectivity index is 0.987. The lowest BCUT2D eigenvalue weighted by molar-refractivity contribution is -0.124. The number of unbranched alkanes of at least 4 members (excludes halogenated alkanes) is 31. The molecule has 0 saturated carbocycles. The number of thiophene rings is 6. The van der Waals surface area contributed by atoms with E-state index in [9.17, 15) is 0 Å². The van der Waals surface area contributed by atoms with Gasteiger partial charge in [0, 0.05) is 45.3 Å². The van der Waals surface area contributed by atoms with E-state index in [0.29, 0.717) is 72.1 Å². The van der Waals surface area contributed by atoms with Gasteiger partial charge in [-0.3, -0.25) is 19.2 Å². The summed E-state index contributed by atoms with van der Waals surface area (Å²) in [5, 5.41) is 0. The average Bonchev–Trinajstić information content (AvgIpc) is 1.54. The maximum absolute atomic E-state index is 16.6. The van der Waals surface area contributed by atoms with E-state index in [1.165, 1.54) is 221 Å². The molecule has 0 N–H and O–H groups in total. The van der Waals surface area contributed by atoms with Crippen molar-refractivity contribution < 1.29 is 19.2 Å². The van der Waals surface area contributed by atoms with Crippen LogP contribution in [0, 0.1) is 23.7 Å². The van der Waals surface area contributed by atoms with Crippen LogP contribution in [0.5, 0.6) is 0 Å². The fourth-order valence-corrected chi connectivity index (χ4v) is 27.4. The van der Waals surface area contributed by atoms with E-state index in [1.807, 2.05) is 22.7 Å². The number of carbonyl (C=O) groups excluding carboxylic acids is 4. The van der Waals surface area contributed by atoms with E-state index >= 15 is 19.2 Å². The predicted octanol–water partition coefficient (Wildman–Crippen LogP) is 33.4. The van der Waals surface area contributed by atoms with Gasteiger partial charge >= 0.3 is 0 Å². The van der Waals surface area contributed by atoms with Crippen molar-refractivity contribution in [1.29, 1.82) is 0 Å². The highest BCUT2D eigenvalue weighted by atomic mass is 32.1. The van der Waals surface area contributed by atoms with Crippen LogP contribution in [0.4, 0.5) is 0 Å². The van der Waals surface area contributed by atoms with E-state index in [4.69, 9.17) is 0 Å². The van der Waals surface area contributed by atoms with Crippen molar-refractivity contribution in [2.75, 3.05) is 26.2 Å². The van der Waals surface area contributed by atoms with Crippen LogP contribution < -0.4 is 0 Å². The second-order valence-corrected chi connectivity index (χ2v) is 42.2. The van der Waals surface area contributed by atoms with E-state index in [-0.39, 0.29) is 23.6 Å². The number of carbonyl (C=O) groups is 4. The van der Waals surface area contributed by atoms with Crippen molar-refractivity contribution in [2.24, 2.45) is 23.7 Å². The van der Waals surface area contributed by atoms with Crippen molar-refractivity contribution in [3.8, 4) is 20.9 Å². The van der Waals surface area contributed by atoms with Gasteiger partial charge in [-0.05, 0) is 123 Å². The molecule has 0 radical (unpaired) electrons. The van der Waals surface area contributed by atoms with E-state index in [2.05, 4.69) is 172 Å². The Hall–Kier alpha value is -5.74. The number of rotatable bonds is 61. The highest BCUT2D eigenvalue weighted by Crippen LogP contribution is 2.57. The van der Waals surface area contributed by atoms with Crippen LogP contribution >= 0.6 is 68.0 Å². The average molecular weight is 1720 g/mol. The van der Waals surface area contributed by atoms with Crippen molar-refractivity contribution >= 4 is 143 Å². The minimum atomic E-state index is -0.00262. The molecule has 0 fully saturated rings. The van der Waals surface area contributed by atoms with Crippen molar-refractivity contribution in [2.45, 2.75) is 357 Å². The number of hydrogen-bond acceptors (Lipinski definition) is 10. The maximum atomic E-state index is 16.6. The van der Waals surface area contributed by atoms with Crippen LogP contribution in [-0.2, 0) is 19.2 Å². The fraction of sp³-hybridized carbons (Fsp3) is 0.600. The van der Waals surface area contributed by atoms with E-state index in [0.717, 1.165) is 172 Å². The summed E-state index contributed by atoms with van der Waals surface area (Å²) in [6, 6.07) is 34.9. The van der Waals surface area contributed by atoms with Crippen molar-refractivity contribution in [3.05, 3.63) is 139 Å². The van der Waals surface area contributed by atoms with Gasteiger partial charge < -0.3 is 19.6 Å². The number of nitrogens with zero attached hydrogens (tertiary/aromatic N) is 4. The number of fused-ring (bicyclic) bond motifs is 7. The molecule has 0 saturated heterocycles. The quantitative estimate of drug-likeness (QED) is 0.0356. The summed E-state index contributed by atoms with van der Waals surface area (Å²) in [6.45, 7) is 20.8. The maximum Gasteiger partial charge on any atom is 0.261 e. The zero-order chi connectivity index (χ0) is 83.2. The Kier molecular flexibility index (Phi) is 37.7. The number of benzene rings is 2. The molecule has 8 nitrogen and oxygen atoms in total. The zero-order valence-electron chi connectivity index (χ0n) is 74.5. The molecule has 4 amide bonds. The third-order valence-corrected chi connectivity index (χ3v) is 33.9. The van der Waals surface area contributed by atoms with Gasteiger partial charge in [-0.15, -0.1) is 68.0 Å². The predicted molar refractivity (Wildman–Crippen MR) is 521 cm³/mol. The first-order valence-corrected chi connectivity index (χ1v) is 53.3. The lowest BCUT2D eigenvalue weighted by Gasteiger charge is -2.29. The Morgan fingerprint density at radius 2 is 0.445 bits per heavy atom. The summed E-state index contributed by atoms with van der Waals surface area (Å²) in [7, 11) is 0. The van der Waals surface area contributed by atoms with Crippen LogP contribution in [0.2, 0.25) is 0 Å². The molecular formula is C105H146N4O4S6. The largest absolute Gasteiger partial charge is 0.306 e. The molecular weight excluding hydrogens is 1570 g/mol. The third-order valence-electron chi connectivity index (χ3n) is 26.3. The second-order valence-electron chi connectivity index (χ2n) is 35.8. The first-order chi connectivity index (χ1) is 58.5. The SMILES string of the molecule is CCCCCCCCC(CCCCC)CN1C(=O)C2=C(c3cc4sc5c6sc(C7=C8C(=O)N(CC(CCCCCC)CCCCCCCC)C(c9ccc(-c%10ccccc%10)s9)=C8C(=O)N7CC(CCCCCC)CCCCCCCC)cc6sc5c4s3)N(CC(CCCCCC)CCCCCCCC)C(=O)C2=C1c1ccc(-c2ccccc2)s1. The Morgan fingerprint density at radius 3 is 0.714 bits per heavy atom. The van der Waals surface area contributed by atoms with Gasteiger partial charge in [-0.2, -0.15) is 0 Å². The summed E-state index contributed by atoms with van der Waals surface area (Å²) < 4.78 is 7.29. The summed E-state index contributed by atoms with van der Waals surface area (Å²) in [6.07, 6.45) is 56.0. The molecule has 4 unspecified atom stereocenters. The number of amides is 4. The molecule has 6 aromatic heterocycles. The molecule has 646 valence electrons. The summed E-state index contributed by atoms with van der Waals surface area (Å²) in [5.41, 5.74) is 8.09. The molecule has 10 heterocycles. The molecule has 12 rings (SSSR count). The Labute approximate surface area is 742 Å². The monoisotopic (exact) mass is 1720 g/mol. The summed E-state index contributed by atoms with van der Waals surface area (Å²) in [5.74, 6) is 1.25. The van der Waals surface area contributed by atoms with Gasteiger partial charge in [0.15, 0.2) is 0 Å². The molecule has 4 atom stereocenters. The molecule has 14 heteroatoms. The molecule has 4 aliphatic heterocycles. The first kappa shape index (κ1) is 92.4. The fourth-order valence-electron chi connectivity index (χ4n) is 19.5. The second kappa shape index (κ2) is 48.5. The Morgan fingerprint density at radius 1 is 0.227 bits per heavy atom. The molecule has 4 aliphatic rings. The van der Waals surface area contributed by atoms with Gasteiger partial charge in [-0.25, -0.2) is 0 Å². The normalized spacial score (nSPS) is 15.7. The molecule has 0 aliphatic carbocycles. The third kappa shape index (κ3) is 23.8. The van der Waals surface area contributed by atoms with Gasteiger partial charge in [0.2, 0.25) is 0 Å². The van der Waals surface area contributed by atoms with Gasteiger partial charge in [0.1, 0.15) is 0 Å². The zero-order valence-corrected chi connectivity index (χ0v) is 79.4. The first-order valence-electron chi connectivity index (χ1n) is 48.4. The van der Waals surface area contributed by atoms with Crippen LogP contribution in [0.15, 0.2) is 119 Å². The lowest BCUT2D eigenvalue weighted by atomic mass is 9.93. The van der Waals surface area contributed by atoms with Crippen LogP contribution in [0.25, 0.3) is 71.9 Å². The van der Waals surface area contributed by atoms with Crippen molar-refractivity contribution in [1.82, 2.24) is 19.6 Å². The van der Waals surface area contributed by atoms with Crippen LogP contribution in [-0.4, -0.2) is 69.4 Å². The van der Waals surface area contributed by atoms with E-state index < -0.39 is 0 Å². The van der Waals surface area contributed by atoms with Crippen molar-refractivity contribution in [3.63, 3.8) is 0 Å². The summed E-state index contributed by atoms with van der Waals surface area (Å²) in [4.78, 5) is 81.2. The molecule has 0 bridgehead atoms. The van der Waals surface area contributed by atoms with E-state index in [1.54, 1.807) is 45.3 Å². The molecule has 119 heavy (non-hydrogen) atoms. The minimum Gasteiger partial charge on any atom is -0.306 e. The topological polar surface area (TPSA) is 81.2 Å². The molecule has 0 spiro atoms. The van der Waals surface area contributed by atoms with Gasteiger partial charge in [-0.1, -0.05) is 366 Å². The number of hydrogen-bond donors (Lipinski definition) is 0. The highest BCUT2D eigenvalue weighted by Gasteiger charge is 2.52. The minimum absolute atomic E-state index is 0.000182. The summed E-state index contributed by atoms with van der Waals surface area (Å²) >= 11 is 10.7. The lowest BCUT2D eigenvalue weighted by Crippen LogP contribution is -2.34. The van der Waals surface area contributed by atoms with Gasteiger partial charge in [0.05, 0.1) is 83.4 Å². The van der Waals surface area contributed by atoms with Crippen LogP contribution in [0.1, 0.15) is 377 Å². The highest BCUT2D eigenvalue weighted by molar-refractivity contribution is 7.44. The molecule has 2 aromatic carbocycles. The smallest absolute Gasteiger partial charge is 0.261 e. The molecule has 8 aromatic rings.